The van der Waals surface area contributed by atoms with E-state index < -0.39 is 0 Å². The molecule has 0 aliphatic carbocycles. The third-order valence-corrected chi connectivity index (χ3v) is 7.61. The molecule has 0 saturated carbocycles. The van der Waals surface area contributed by atoms with Crippen molar-refractivity contribution in [3.63, 3.8) is 0 Å². The fourth-order valence-electron chi connectivity index (χ4n) is 4.74. The number of aliphatic imine (C=N–C) groups is 1. The molecule has 1 fully saturated rings. The highest BCUT2D eigenvalue weighted by molar-refractivity contribution is 6.36. The average Bonchev–Trinajstić information content (AvgIpc) is 2.86. The normalized spacial score (nSPS) is 15.5. The average molecular weight is 508 g/mol. The van der Waals surface area contributed by atoms with Gasteiger partial charge in [0.05, 0.1) is 15.7 Å². The van der Waals surface area contributed by atoms with E-state index in [1.165, 1.54) is 17.0 Å². The first-order valence-corrected chi connectivity index (χ1v) is 12.7. The lowest BCUT2D eigenvalue weighted by molar-refractivity contribution is -0.104. The fourth-order valence-corrected chi connectivity index (χ4v) is 5.35. The van der Waals surface area contributed by atoms with Crippen LogP contribution in [0.3, 0.4) is 0 Å². The first kappa shape index (κ1) is 25.3. The zero-order valence-corrected chi connectivity index (χ0v) is 22.0. The van der Waals surface area contributed by atoms with E-state index in [1.807, 2.05) is 37.1 Å². The Kier molecular flexibility index (Phi) is 8.15. The van der Waals surface area contributed by atoms with Crippen molar-refractivity contribution in [1.82, 2.24) is 0 Å². The van der Waals surface area contributed by atoms with Gasteiger partial charge in [-0.2, -0.15) is 0 Å². The van der Waals surface area contributed by atoms with Gasteiger partial charge in [0.15, 0.2) is 0 Å². The maximum Gasteiger partial charge on any atom is 0.144 e. The number of nitrogens with zero attached hydrogens (tertiary/aromatic N) is 3. The molecule has 0 atom stereocenters. The summed E-state index contributed by atoms with van der Waals surface area (Å²) in [5.41, 5.74) is 3.93. The second-order valence-corrected chi connectivity index (χ2v) is 9.98. The molecule has 0 radical (unpaired) electrons. The quantitative estimate of drug-likeness (QED) is 0.149. The molecule has 0 bridgehead atoms. The molecule has 1 aliphatic heterocycles. The van der Waals surface area contributed by atoms with Gasteiger partial charge in [-0.25, -0.2) is 4.99 Å². The van der Waals surface area contributed by atoms with Crippen molar-refractivity contribution in [2.45, 2.75) is 33.1 Å². The maximum absolute atomic E-state index is 10.7. The van der Waals surface area contributed by atoms with Crippen molar-refractivity contribution in [1.29, 1.82) is 0 Å². The Balaban J connectivity index is 1.40. The fraction of sp³-hybridized carbons (Fsp3) is 0.310. The van der Waals surface area contributed by atoms with Crippen molar-refractivity contribution in [3.05, 3.63) is 82.0 Å². The summed E-state index contributed by atoms with van der Waals surface area (Å²) in [4.78, 5) is 19.5. The monoisotopic (exact) mass is 507 g/mol. The molecule has 1 aliphatic rings. The molecule has 0 spiro atoms. The molecule has 0 amide bonds. The van der Waals surface area contributed by atoms with Crippen molar-refractivity contribution >= 4 is 57.5 Å². The Morgan fingerprint density at radius 2 is 1.83 bits per heavy atom. The highest BCUT2D eigenvalue weighted by atomic mass is 35.5. The van der Waals surface area contributed by atoms with E-state index in [0.717, 1.165) is 71.3 Å². The number of carbonyl (C=O) groups is 1. The smallest absolute Gasteiger partial charge is 0.144 e. The Labute approximate surface area is 217 Å². The van der Waals surface area contributed by atoms with Crippen LogP contribution >= 0.6 is 23.2 Å². The van der Waals surface area contributed by atoms with Gasteiger partial charge in [0.25, 0.3) is 0 Å². The summed E-state index contributed by atoms with van der Waals surface area (Å²) in [7, 11) is 1.95. The molecule has 182 valence electrons. The molecular weight excluding hydrogens is 477 g/mol. The number of carbonyl (C=O) groups excluding carboxylic acids is 1. The number of fused-ring (bicyclic) bond motifs is 1. The molecule has 3 aromatic carbocycles. The number of aldehydes is 1. The van der Waals surface area contributed by atoms with Gasteiger partial charge < -0.3 is 9.80 Å². The van der Waals surface area contributed by atoms with Crippen LogP contribution in [0.2, 0.25) is 10.0 Å². The zero-order chi connectivity index (χ0) is 24.9. The van der Waals surface area contributed by atoms with E-state index in [4.69, 9.17) is 23.2 Å². The van der Waals surface area contributed by atoms with E-state index in [2.05, 4.69) is 46.3 Å². The molecule has 1 saturated heterocycles. The van der Waals surface area contributed by atoms with Crippen molar-refractivity contribution in [2.24, 2.45) is 10.9 Å². The van der Waals surface area contributed by atoms with Crippen molar-refractivity contribution in [3.8, 4) is 0 Å². The first-order chi connectivity index (χ1) is 16.9. The van der Waals surface area contributed by atoms with Crippen molar-refractivity contribution in [2.75, 3.05) is 29.9 Å². The number of benzene rings is 3. The van der Waals surface area contributed by atoms with Gasteiger partial charge in [0.1, 0.15) is 12.1 Å². The standard InChI is InChI=1S/C29H31Cl2N3O/c1-20(14-17-35)32-21(2)33(3)25-10-11-28(27(30)19-25)34-15-12-22(13-16-34)18-24-9-8-23-6-4-5-7-26(23)29(24)31/h4-11,14,17,19,22H,12-13,15-16,18H2,1-3H3/b20-14-,32-21-. The number of halogens is 2. The minimum absolute atomic E-state index is 0.607. The maximum atomic E-state index is 10.7. The molecule has 0 N–H and O–H groups in total. The van der Waals surface area contributed by atoms with Gasteiger partial charge in [-0.15, -0.1) is 0 Å². The van der Waals surface area contributed by atoms with Gasteiger partial charge in [-0.05, 0) is 74.3 Å². The van der Waals surface area contributed by atoms with Crippen LogP contribution in [0.5, 0.6) is 0 Å². The number of amidine groups is 1. The van der Waals surface area contributed by atoms with Crippen LogP contribution in [0, 0.1) is 5.92 Å². The third-order valence-electron chi connectivity index (χ3n) is 6.86. The molecule has 1 heterocycles. The largest absolute Gasteiger partial charge is 0.370 e. The zero-order valence-electron chi connectivity index (χ0n) is 20.5. The van der Waals surface area contributed by atoms with Crippen LogP contribution in [-0.2, 0) is 11.2 Å². The van der Waals surface area contributed by atoms with Gasteiger partial charge in [-0.3, -0.25) is 4.79 Å². The molecule has 0 aromatic heterocycles. The van der Waals surface area contributed by atoms with Crippen LogP contribution < -0.4 is 9.80 Å². The SMILES string of the molecule is CC(=C/C=O)/N=C(/C)N(C)c1ccc(N2CCC(Cc3ccc4ccccc4c3Cl)CC2)c(Cl)c1. The molecule has 35 heavy (non-hydrogen) atoms. The van der Waals surface area contributed by atoms with Gasteiger partial charge >= 0.3 is 0 Å². The first-order valence-electron chi connectivity index (χ1n) is 12.0. The number of hydrogen-bond acceptors (Lipinski definition) is 3. The second kappa shape index (κ2) is 11.3. The predicted molar refractivity (Wildman–Crippen MR) is 150 cm³/mol. The van der Waals surface area contributed by atoms with Gasteiger partial charge in [0.2, 0.25) is 0 Å². The summed E-state index contributed by atoms with van der Waals surface area (Å²) in [6, 6.07) is 18.8. The van der Waals surface area contributed by atoms with Crippen LogP contribution in [0.25, 0.3) is 10.8 Å². The van der Waals surface area contributed by atoms with Crippen molar-refractivity contribution < 1.29 is 4.79 Å². The summed E-state index contributed by atoms with van der Waals surface area (Å²) in [5.74, 6) is 1.40. The number of anilines is 2. The molecule has 6 heteroatoms. The lowest BCUT2D eigenvalue weighted by atomic mass is 9.89. The van der Waals surface area contributed by atoms with E-state index in [9.17, 15) is 4.79 Å². The predicted octanol–water partition coefficient (Wildman–Crippen LogP) is 7.56. The van der Waals surface area contributed by atoms with E-state index in [1.54, 1.807) is 6.92 Å². The summed E-state index contributed by atoms with van der Waals surface area (Å²) in [5, 5.41) is 3.95. The highest BCUT2D eigenvalue weighted by Gasteiger charge is 2.22. The van der Waals surface area contributed by atoms with Crippen LogP contribution in [0.1, 0.15) is 32.3 Å². The molecule has 4 nitrogen and oxygen atoms in total. The minimum Gasteiger partial charge on any atom is -0.370 e. The summed E-state index contributed by atoms with van der Waals surface area (Å²) in [6.45, 7) is 5.66. The Morgan fingerprint density at radius 1 is 1.09 bits per heavy atom. The van der Waals surface area contributed by atoms with Crippen LogP contribution in [0.4, 0.5) is 11.4 Å². The minimum atomic E-state index is 0.607. The number of allylic oxidation sites excluding steroid dienone is 2. The third kappa shape index (κ3) is 5.88. The lowest BCUT2D eigenvalue weighted by Gasteiger charge is -2.34. The molecule has 0 unspecified atom stereocenters. The van der Waals surface area contributed by atoms with Crippen LogP contribution in [0.15, 0.2) is 71.4 Å². The van der Waals surface area contributed by atoms with E-state index >= 15 is 0 Å². The Bertz CT molecular complexity index is 1280. The topological polar surface area (TPSA) is 35.9 Å². The molecular formula is C29H31Cl2N3O. The molecule has 3 aromatic rings. The van der Waals surface area contributed by atoms with Crippen LogP contribution in [-0.4, -0.2) is 32.3 Å². The second-order valence-electron chi connectivity index (χ2n) is 9.19. The van der Waals surface area contributed by atoms with E-state index in [-0.39, 0.29) is 0 Å². The number of rotatable bonds is 6. The Morgan fingerprint density at radius 3 is 2.54 bits per heavy atom. The van der Waals surface area contributed by atoms with Gasteiger partial charge in [-0.1, -0.05) is 59.6 Å². The summed E-state index contributed by atoms with van der Waals surface area (Å²) in [6.07, 6.45) is 5.42. The van der Waals surface area contributed by atoms with E-state index in [0.29, 0.717) is 11.6 Å². The molecule has 4 rings (SSSR count). The summed E-state index contributed by atoms with van der Waals surface area (Å²) < 4.78 is 0. The number of piperidine rings is 1. The Hall–Kier alpha value is -2.82. The summed E-state index contributed by atoms with van der Waals surface area (Å²) >= 11 is 13.5. The number of hydrogen-bond donors (Lipinski definition) is 0. The van der Waals surface area contributed by atoms with Gasteiger partial charge in [0, 0.05) is 36.9 Å². The highest BCUT2D eigenvalue weighted by Crippen LogP contribution is 2.35. The lowest BCUT2D eigenvalue weighted by Crippen LogP contribution is -2.34.